The Labute approximate surface area is 129 Å². The molecule has 116 valence electrons. The van der Waals surface area contributed by atoms with Crippen LogP contribution in [0, 0.1) is 0 Å². The smallest absolute Gasteiger partial charge is 0.274 e. The average Bonchev–Trinajstić information content (AvgIpc) is 2.51. The number of nitrogens with one attached hydrogen (secondary N) is 1. The van der Waals surface area contributed by atoms with Crippen LogP contribution < -0.4 is 20.5 Å². The van der Waals surface area contributed by atoms with E-state index in [4.69, 9.17) is 15.2 Å². The molecule has 0 unspecified atom stereocenters. The number of hydrogen-bond acceptors (Lipinski definition) is 5. The van der Waals surface area contributed by atoms with Crippen molar-refractivity contribution in [2.75, 3.05) is 24.3 Å². The van der Waals surface area contributed by atoms with Crippen LogP contribution >= 0.6 is 0 Å². The van der Waals surface area contributed by atoms with Gasteiger partial charge in [0.15, 0.2) is 0 Å². The second-order valence-corrected chi connectivity index (χ2v) is 4.45. The van der Waals surface area contributed by atoms with Gasteiger partial charge in [-0.1, -0.05) is 0 Å². The van der Waals surface area contributed by atoms with Crippen LogP contribution in [-0.4, -0.2) is 24.1 Å². The summed E-state index contributed by atoms with van der Waals surface area (Å²) in [5.41, 5.74) is 6.88. The third-order valence-electron chi connectivity index (χ3n) is 2.83. The summed E-state index contributed by atoms with van der Waals surface area (Å²) < 4.78 is 11.0. The van der Waals surface area contributed by atoms with Gasteiger partial charge >= 0.3 is 0 Å². The summed E-state index contributed by atoms with van der Waals surface area (Å²) in [6.45, 7) is 4.81. The predicted octanol–water partition coefficient (Wildman–Crippen LogP) is 2.71. The monoisotopic (exact) mass is 301 g/mol. The molecule has 6 heteroatoms. The first-order valence-electron chi connectivity index (χ1n) is 7.06. The zero-order valence-electron chi connectivity index (χ0n) is 12.6. The molecular weight excluding hydrogens is 282 g/mol. The molecule has 22 heavy (non-hydrogen) atoms. The van der Waals surface area contributed by atoms with E-state index in [0.717, 1.165) is 0 Å². The molecular formula is C16H19N3O3. The van der Waals surface area contributed by atoms with Gasteiger partial charge in [-0.3, -0.25) is 4.79 Å². The molecule has 0 radical (unpaired) electrons. The van der Waals surface area contributed by atoms with E-state index in [1.54, 1.807) is 30.3 Å². The van der Waals surface area contributed by atoms with Crippen LogP contribution in [0.25, 0.3) is 0 Å². The molecule has 0 atom stereocenters. The van der Waals surface area contributed by atoms with E-state index in [1.165, 1.54) is 6.20 Å². The Kier molecular flexibility index (Phi) is 5.19. The fourth-order valence-corrected chi connectivity index (χ4v) is 1.87. The number of anilines is 2. The van der Waals surface area contributed by atoms with Crippen LogP contribution in [0.3, 0.4) is 0 Å². The van der Waals surface area contributed by atoms with E-state index < -0.39 is 0 Å². The van der Waals surface area contributed by atoms with Gasteiger partial charge in [0.2, 0.25) is 0 Å². The maximum atomic E-state index is 12.2. The lowest BCUT2D eigenvalue weighted by Crippen LogP contribution is -2.14. The molecule has 6 nitrogen and oxygen atoms in total. The number of hydrogen-bond donors (Lipinski definition) is 2. The minimum atomic E-state index is -0.338. The number of rotatable bonds is 6. The molecule has 0 saturated carbocycles. The van der Waals surface area contributed by atoms with Crippen LogP contribution in [0.2, 0.25) is 0 Å². The zero-order chi connectivity index (χ0) is 15.9. The largest absolute Gasteiger partial charge is 0.494 e. The second kappa shape index (κ2) is 7.31. The highest BCUT2D eigenvalue weighted by Gasteiger charge is 2.12. The molecule has 0 bridgehead atoms. The van der Waals surface area contributed by atoms with Gasteiger partial charge in [-0.15, -0.1) is 0 Å². The number of ether oxygens (including phenoxy) is 2. The van der Waals surface area contributed by atoms with Gasteiger partial charge in [0.1, 0.15) is 17.2 Å². The summed E-state index contributed by atoms with van der Waals surface area (Å²) in [5.74, 6) is 0.899. The van der Waals surface area contributed by atoms with E-state index in [9.17, 15) is 4.79 Å². The lowest BCUT2D eigenvalue weighted by molar-refractivity contribution is 0.102. The van der Waals surface area contributed by atoms with Gasteiger partial charge in [-0.05, 0) is 38.1 Å². The molecule has 0 spiro atoms. The highest BCUT2D eigenvalue weighted by atomic mass is 16.5. The van der Waals surface area contributed by atoms with Gasteiger partial charge in [0.25, 0.3) is 5.91 Å². The van der Waals surface area contributed by atoms with Crippen molar-refractivity contribution in [1.29, 1.82) is 0 Å². The number of nitrogens with zero attached hydrogens (tertiary/aromatic N) is 1. The molecule has 1 amide bonds. The molecule has 0 saturated heterocycles. The minimum absolute atomic E-state index is 0.276. The topological polar surface area (TPSA) is 86.5 Å². The number of aromatic nitrogens is 1. The van der Waals surface area contributed by atoms with Crippen molar-refractivity contribution in [2.45, 2.75) is 13.8 Å². The van der Waals surface area contributed by atoms with Crippen molar-refractivity contribution >= 4 is 17.3 Å². The number of nitrogen functional groups attached to an aromatic ring is 1. The number of carbonyl (C=O) groups excluding carboxylic acids is 1. The highest BCUT2D eigenvalue weighted by molar-refractivity contribution is 6.03. The average molecular weight is 301 g/mol. The Bertz CT molecular complexity index is 642. The summed E-state index contributed by atoms with van der Waals surface area (Å²) in [6, 6.07) is 8.48. The summed E-state index contributed by atoms with van der Waals surface area (Å²) in [7, 11) is 0. The predicted molar refractivity (Wildman–Crippen MR) is 85.4 cm³/mol. The Morgan fingerprint density at radius 2 is 1.95 bits per heavy atom. The number of amides is 1. The number of pyridine rings is 1. The van der Waals surface area contributed by atoms with Crippen LogP contribution in [0.15, 0.2) is 36.5 Å². The first-order valence-corrected chi connectivity index (χ1v) is 7.06. The zero-order valence-corrected chi connectivity index (χ0v) is 12.6. The van der Waals surface area contributed by atoms with E-state index in [2.05, 4.69) is 10.3 Å². The highest BCUT2D eigenvalue weighted by Crippen LogP contribution is 2.29. The quantitative estimate of drug-likeness (QED) is 0.856. The molecule has 2 aromatic rings. The van der Waals surface area contributed by atoms with Gasteiger partial charge in [0, 0.05) is 6.07 Å². The minimum Gasteiger partial charge on any atom is -0.494 e. The molecule has 2 rings (SSSR count). The van der Waals surface area contributed by atoms with Crippen molar-refractivity contribution in [3.05, 3.63) is 42.2 Å². The van der Waals surface area contributed by atoms with Crippen molar-refractivity contribution in [3.8, 4) is 11.5 Å². The Morgan fingerprint density at radius 1 is 1.18 bits per heavy atom. The Hall–Kier alpha value is -2.76. The first-order chi connectivity index (χ1) is 10.6. The summed E-state index contributed by atoms with van der Waals surface area (Å²) in [4.78, 5) is 16.2. The molecule has 1 aromatic carbocycles. The Balaban J connectivity index is 2.23. The summed E-state index contributed by atoms with van der Waals surface area (Å²) >= 11 is 0. The van der Waals surface area contributed by atoms with Crippen molar-refractivity contribution < 1.29 is 14.3 Å². The number of nitrogens with two attached hydrogens (primary N) is 1. The van der Waals surface area contributed by atoms with E-state index in [0.29, 0.717) is 36.1 Å². The summed E-state index contributed by atoms with van der Waals surface area (Å²) in [6.07, 6.45) is 1.44. The third-order valence-corrected chi connectivity index (χ3v) is 2.83. The van der Waals surface area contributed by atoms with Crippen LogP contribution in [0.4, 0.5) is 11.4 Å². The maximum absolute atomic E-state index is 12.2. The van der Waals surface area contributed by atoms with Crippen molar-refractivity contribution in [1.82, 2.24) is 4.98 Å². The third kappa shape index (κ3) is 3.88. The molecule has 0 fully saturated rings. The fraction of sp³-hybridized carbons (Fsp3) is 0.250. The van der Waals surface area contributed by atoms with Crippen LogP contribution in [0.1, 0.15) is 24.3 Å². The van der Waals surface area contributed by atoms with E-state index in [-0.39, 0.29) is 11.6 Å². The lowest BCUT2D eigenvalue weighted by Gasteiger charge is -2.13. The second-order valence-electron chi connectivity index (χ2n) is 4.45. The number of benzene rings is 1. The maximum Gasteiger partial charge on any atom is 0.274 e. The van der Waals surface area contributed by atoms with Gasteiger partial charge < -0.3 is 20.5 Å². The number of carbonyl (C=O) groups is 1. The molecule has 0 aliphatic rings. The normalized spacial score (nSPS) is 10.1. The van der Waals surface area contributed by atoms with Gasteiger partial charge in [-0.25, -0.2) is 4.98 Å². The molecule has 1 heterocycles. The van der Waals surface area contributed by atoms with E-state index >= 15 is 0 Å². The fourth-order valence-electron chi connectivity index (χ4n) is 1.87. The SMILES string of the molecule is CCOc1ccc(OCC)c(NC(=O)c2ccc(N)cn2)c1. The molecule has 0 aliphatic heterocycles. The molecule has 1 aromatic heterocycles. The van der Waals surface area contributed by atoms with Crippen LogP contribution in [-0.2, 0) is 0 Å². The van der Waals surface area contributed by atoms with E-state index in [1.807, 2.05) is 13.8 Å². The summed E-state index contributed by atoms with van der Waals surface area (Å²) in [5, 5.41) is 2.78. The van der Waals surface area contributed by atoms with Crippen molar-refractivity contribution in [2.24, 2.45) is 0 Å². The van der Waals surface area contributed by atoms with Gasteiger partial charge in [0.05, 0.1) is 30.8 Å². The van der Waals surface area contributed by atoms with Crippen molar-refractivity contribution in [3.63, 3.8) is 0 Å². The Morgan fingerprint density at radius 3 is 2.59 bits per heavy atom. The standard InChI is InChI=1S/C16H19N3O3/c1-3-21-12-6-8-15(22-4-2)14(9-12)19-16(20)13-7-5-11(17)10-18-13/h5-10H,3-4,17H2,1-2H3,(H,19,20). The molecule has 0 aliphatic carbocycles. The lowest BCUT2D eigenvalue weighted by atomic mass is 10.2. The first kappa shape index (κ1) is 15.6. The van der Waals surface area contributed by atoms with Crippen LogP contribution in [0.5, 0.6) is 11.5 Å². The molecule has 3 N–H and O–H groups in total. The van der Waals surface area contributed by atoms with Gasteiger partial charge in [-0.2, -0.15) is 0 Å².